The summed E-state index contributed by atoms with van der Waals surface area (Å²) in [5, 5.41) is 4.30. The molecule has 4 nitrogen and oxygen atoms in total. The maximum absolute atomic E-state index is 5.92. The van der Waals surface area contributed by atoms with Crippen molar-refractivity contribution in [3.63, 3.8) is 0 Å². The Morgan fingerprint density at radius 1 is 0.912 bits per heavy atom. The second kappa shape index (κ2) is 9.01. The number of rotatable bonds is 4. The third kappa shape index (κ3) is 3.85. The van der Waals surface area contributed by atoms with Crippen LogP contribution in [0.3, 0.4) is 0 Å². The number of aryl methyl sites for hydroxylation is 3. The van der Waals surface area contributed by atoms with Crippen molar-refractivity contribution in [2.45, 2.75) is 39.8 Å². The Labute approximate surface area is 214 Å². The van der Waals surface area contributed by atoms with E-state index in [4.69, 9.17) is 17.2 Å². The van der Waals surface area contributed by atoms with Crippen LogP contribution in [0.25, 0.3) is 5.69 Å². The highest BCUT2D eigenvalue weighted by Gasteiger charge is 2.42. The van der Waals surface area contributed by atoms with Crippen molar-refractivity contribution >= 4 is 38.9 Å². The highest BCUT2D eigenvalue weighted by molar-refractivity contribution is 9.10. The number of thiocarbonyl (C=S) groups is 1. The van der Waals surface area contributed by atoms with E-state index in [0.717, 1.165) is 26.7 Å². The molecule has 5 rings (SSSR count). The van der Waals surface area contributed by atoms with Gasteiger partial charge in [-0.3, -0.25) is 4.98 Å². The molecule has 1 aliphatic rings. The highest BCUT2D eigenvalue weighted by Crippen LogP contribution is 2.44. The number of hydrogen-bond donors (Lipinski definition) is 1. The van der Waals surface area contributed by atoms with Gasteiger partial charge in [0.15, 0.2) is 5.11 Å². The Morgan fingerprint density at radius 3 is 2.38 bits per heavy atom. The summed E-state index contributed by atoms with van der Waals surface area (Å²) < 4.78 is 3.38. The topological polar surface area (TPSA) is 33.1 Å². The van der Waals surface area contributed by atoms with Gasteiger partial charge in [-0.25, -0.2) is 0 Å². The van der Waals surface area contributed by atoms with Gasteiger partial charge in [0.1, 0.15) is 0 Å². The maximum atomic E-state index is 5.92. The number of para-hydroxylation sites is 1. The summed E-state index contributed by atoms with van der Waals surface area (Å²) in [6.45, 7) is 8.64. The summed E-state index contributed by atoms with van der Waals surface area (Å²) in [7, 11) is 0. The van der Waals surface area contributed by atoms with Crippen molar-refractivity contribution in [1.29, 1.82) is 0 Å². The van der Waals surface area contributed by atoms with Crippen LogP contribution in [-0.4, -0.2) is 14.7 Å². The molecule has 0 saturated carbocycles. The first-order valence-corrected chi connectivity index (χ1v) is 12.6. The minimum atomic E-state index is -0.0662. The molecule has 2 aromatic carbocycles. The van der Waals surface area contributed by atoms with Crippen LogP contribution in [0.15, 0.2) is 77.4 Å². The lowest BCUT2D eigenvalue weighted by molar-refractivity contribution is 0.565. The van der Waals surface area contributed by atoms with Gasteiger partial charge in [-0.15, -0.1) is 0 Å². The van der Waals surface area contributed by atoms with Crippen molar-refractivity contribution in [2.75, 3.05) is 4.90 Å². The van der Waals surface area contributed by atoms with Crippen LogP contribution >= 0.6 is 28.1 Å². The molecule has 0 amide bonds. The molecule has 1 N–H and O–H groups in total. The van der Waals surface area contributed by atoms with Gasteiger partial charge >= 0.3 is 0 Å². The second-order valence-electron chi connectivity index (χ2n) is 8.88. The fraction of sp³-hybridized carbons (Fsp3) is 0.214. The zero-order chi connectivity index (χ0) is 24.0. The summed E-state index contributed by atoms with van der Waals surface area (Å²) in [6.07, 6.45) is 1.85. The molecule has 0 bridgehead atoms. The van der Waals surface area contributed by atoms with E-state index in [1.54, 1.807) is 0 Å². The predicted octanol–water partition coefficient (Wildman–Crippen LogP) is 7.05. The van der Waals surface area contributed by atoms with Crippen molar-refractivity contribution in [2.24, 2.45) is 0 Å². The van der Waals surface area contributed by atoms with Crippen molar-refractivity contribution in [1.82, 2.24) is 14.9 Å². The zero-order valence-corrected chi connectivity index (χ0v) is 22.1. The monoisotopic (exact) mass is 530 g/mol. The first-order chi connectivity index (χ1) is 16.4. The van der Waals surface area contributed by atoms with E-state index >= 15 is 0 Å². The first kappa shape index (κ1) is 22.8. The molecule has 2 atom stereocenters. The number of pyridine rings is 1. The van der Waals surface area contributed by atoms with Gasteiger partial charge in [-0.2, -0.15) is 0 Å². The van der Waals surface area contributed by atoms with E-state index in [-0.39, 0.29) is 12.1 Å². The number of anilines is 1. The quantitative estimate of drug-likeness (QED) is 0.286. The number of nitrogens with one attached hydrogen (secondary N) is 1. The molecule has 172 valence electrons. The number of halogens is 1. The fourth-order valence-electron chi connectivity index (χ4n) is 4.92. The summed E-state index contributed by atoms with van der Waals surface area (Å²) in [4.78, 5) is 6.96. The first-order valence-electron chi connectivity index (χ1n) is 11.4. The Balaban J connectivity index is 1.70. The van der Waals surface area contributed by atoms with Gasteiger partial charge in [-0.05, 0) is 115 Å². The van der Waals surface area contributed by atoms with E-state index in [0.29, 0.717) is 0 Å². The molecule has 34 heavy (non-hydrogen) atoms. The second-order valence-corrected chi connectivity index (χ2v) is 10.1. The molecule has 2 aromatic heterocycles. The average molecular weight is 532 g/mol. The van der Waals surface area contributed by atoms with E-state index in [2.05, 4.69) is 107 Å². The largest absolute Gasteiger partial charge is 0.351 e. The summed E-state index contributed by atoms with van der Waals surface area (Å²) in [5.74, 6) is 0. The minimum absolute atomic E-state index is 0.0352. The maximum Gasteiger partial charge on any atom is 0.174 e. The minimum Gasteiger partial charge on any atom is -0.351 e. The van der Waals surface area contributed by atoms with Crippen LogP contribution in [0.5, 0.6) is 0 Å². The average Bonchev–Trinajstić information content (AvgIpc) is 3.32. The standard InChI is InChI=1S/C28H27BrN4S/c1-17-12-13-21(15-18(17)2)33-27(26(31-28(33)34)24-10-7-8-14-30-24)22-16-19(3)32(20(22)4)25-11-6-5-9-23(25)29/h5-16,26-27H,1-4H3,(H,31,34)/t26-,27+/m1/s1. The van der Waals surface area contributed by atoms with Gasteiger partial charge in [0.25, 0.3) is 0 Å². The lowest BCUT2D eigenvalue weighted by Crippen LogP contribution is -2.29. The smallest absolute Gasteiger partial charge is 0.174 e. The fourth-order valence-corrected chi connectivity index (χ4v) is 5.72. The molecule has 1 aliphatic heterocycles. The molecule has 3 heterocycles. The summed E-state index contributed by atoms with van der Waals surface area (Å²) in [5.41, 5.74) is 9.32. The third-order valence-corrected chi connectivity index (χ3v) is 7.73. The normalized spacial score (nSPS) is 17.8. The number of aromatic nitrogens is 2. The molecule has 1 saturated heterocycles. The lowest BCUT2D eigenvalue weighted by atomic mass is 9.96. The van der Waals surface area contributed by atoms with Crippen LogP contribution in [0, 0.1) is 27.7 Å². The van der Waals surface area contributed by atoms with Crippen molar-refractivity contribution in [3.05, 3.63) is 111 Å². The van der Waals surface area contributed by atoms with E-state index in [9.17, 15) is 0 Å². The van der Waals surface area contributed by atoms with E-state index in [1.165, 1.54) is 28.1 Å². The number of nitrogens with zero attached hydrogens (tertiary/aromatic N) is 3. The van der Waals surface area contributed by atoms with Crippen LogP contribution in [-0.2, 0) is 0 Å². The molecular weight excluding hydrogens is 504 g/mol. The van der Waals surface area contributed by atoms with Gasteiger partial charge in [0, 0.05) is 27.7 Å². The van der Waals surface area contributed by atoms with Gasteiger partial charge in [-0.1, -0.05) is 24.3 Å². The Bertz CT molecular complexity index is 1380. The van der Waals surface area contributed by atoms with Gasteiger partial charge in [0.2, 0.25) is 0 Å². The van der Waals surface area contributed by atoms with Crippen LogP contribution in [0.1, 0.15) is 45.9 Å². The van der Waals surface area contributed by atoms with Gasteiger partial charge in [0.05, 0.1) is 23.5 Å². The van der Waals surface area contributed by atoms with E-state index < -0.39 is 0 Å². The summed E-state index contributed by atoms with van der Waals surface area (Å²) >= 11 is 9.66. The Hall–Kier alpha value is -2.96. The molecule has 4 aromatic rings. The molecule has 0 spiro atoms. The van der Waals surface area contributed by atoms with Crippen LogP contribution < -0.4 is 10.2 Å². The molecule has 0 aliphatic carbocycles. The van der Waals surface area contributed by atoms with Crippen LogP contribution in [0.4, 0.5) is 5.69 Å². The zero-order valence-electron chi connectivity index (χ0n) is 19.7. The Morgan fingerprint density at radius 2 is 1.68 bits per heavy atom. The van der Waals surface area contributed by atoms with Crippen LogP contribution in [0.2, 0.25) is 0 Å². The molecule has 6 heteroatoms. The number of benzene rings is 2. The predicted molar refractivity (Wildman–Crippen MR) is 147 cm³/mol. The lowest BCUT2D eigenvalue weighted by Gasteiger charge is -2.28. The highest BCUT2D eigenvalue weighted by atomic mass is 79.9. The van der Waals surface area contributed by atoms with Gasteiger partial charge < -0.3 is 14.8 Å². The summed E-state index contributed by atoms with van der Waals surface area (Å²) in [6, 6.07) is 23.1. The molecule has 1 fully saturated rings. The SMILES string of the molecule is Cc1ccc(N2C(=S)N[C@H](c3ccccn3)[C@@H]2c2cc(C)n(-c3ccccc3Br)c2C)cc1C. The third-order valence-electron chi connectivity index (χ3n) is 6.75. The van der Waals surface area contributed by atoms with E-state index in [1.807, 2.05) is 24.4 Å². The van der Waals surface area contributed by atoms with Crippen molar-refractivity contribution < 1.29 is 0 Å². The molecule has 0 unspecified atom stereocenters. The molecular formula is C28H27BrN4S. The number of hydrogen-bond acceptors (Lipinski definition) is 2. The van der Waals surface area contributed by atoms with Crippen molar-refractivity contribution in [3.8, 4) is 5.69 Å². The molecule has 0 radical (unpaired) electrons. The Kier molecular flexibility index (Phi) is 6.04.